The molecular formula is C27H59N3O. The molecule has 4 aliphatic rings. The van der Waals surface area contributed by atoms with Gasteiger partial charge in [-0.2, -0.15) is 0 Å². The van der Waals surface area contributed by atoms with Crippen molar-refractivity contribution >= 4 is 0 Å². The van der Waals surface area contributed by atoms with E-state index in [2.05, 4.69) is 41.5 Å². The summed E-state index contributed by atoms with van der Waals surface area (Å²) < 4.78 is 0. The maximum absolute atomic E-state index is 10.3. The zero-order valence-corrected chi connectivity index (χ0v) is 21.1. The second-order valence-electron chi connectivity index (χ2n) is 12.1. The summed E-state index contributed by atoms with van der Waals surface area (Å²) in [6, 6.07) is 0. The molecule has 0 radical (unpaired) electrons. The van der Waals surface area contributed by atoms with E-state index >= 15 is 0 Å². The molecule has 10 N–H and O–H groups in total. The van der Waals surface area contributed by atoms with E-state index in [-0.39, 0.29) is 32.0 Å². The van der Waals surface area contributed by atoms with Gasteiger partial charge >= 0.3 is 0 Å². The van der Waals surface area contributed by atoms with E-state index in [0.717, 1.165) is 60.2 Å². The molecule has 0 heterocycles. The molecule has 0 aromatic heterocycles. The molecule has 0 aliphatic heterocycles. The van der Waals surface area contributed by atoms with Crippen molar-refractivity contribution in [1.29, 1.82) is 0 Å². The first-order chi connectivity index (χ1) is 12.7. The fourth-order valence-corrected chi connectivity index (χ4v) is 9.58. The summed E-state index contributed by atoms with van der Waals surface area (Å²) in [6.07, 6.45) is 12.0. The van der Waals surface area contributed by atoms with E-state index in [0.29, 0.717) is 10.8 Å². The van der Waals surface area contributed by atoms with E-state index in [1.54, 1.807) is 0 Å². The van der Waals surface area contributed by atoms with Gasteiger partial charge in [-0.3, -0.25) is 0 Å². The van der Waals surface area contributed by atoms with E-state index < -0.39 is 0 Å². The molecule has 4 nitrogen and oxygen atoms in total. The maximum atomic E-state index is 10.3. The Balaban J connectivity index is 0.00000225. The normalized spacial score (nSPS) is 48.9. The molecule has 4 rings (SSSR count). The molecule has 0 spiro atoms. The van der Waals surface area contributed by atoms with Gasteiger partial charge in [-0.1, -0.05) is 61.8 Å². The zero-order valence-electron chi connectivity index (χ0n) is 21.1. The summed E-state index contributed by atoms with van der Waals surface area (Å²) in [5.74, 6) is 7.15. The molecule has 4 saturated carbocycles. The molecule has 0 bridgehead atoms. The molecule has 0 aromatic rings. The molecule has 4 unspecified atom stereocenters. The summed E-state index contributed by atoms with van der Waals surface area (Å²) in [5.41, 5.74) is 1.07. The highest BCUT2D eigenvalue weighted by atomic mass is 16.3. The van der Waals surface area contributed by atoms with Crippen molar-refractivity contribution in [1.82, 2.24) is 18.5 Å². The lowest BCUT2D eigenvalue weighted by Gasteiger charge is -2.64. The van der Waals surface area contributed by atoms with Crippen molar-refractivity contribution in [3.05, 3.63) is 0 Å². The number of hydrogen-bond acceptors (Lipinski definition) is 4. The van der Waals surface area contributed by atoms with Gasteiger partial charge < -0.3 is 23.6 Å². The lowest BCUT2D eigenvalue weighted by Crippen LogP contribution is -2.58. The van der Waals surface area contributed by atoms with Crippen LogP contribution in [0.15, 0.2) is 0 Å². The van der Waals surface area contributed by atoms with Gasteiger partial charge in [0.15, 0.2) is 0 Å². The van der Waals surface area contributed by atoms with E-state index in [9.17, 15) is 5.11 Å². The smallest absolute Gasteiger partial charge is 0.0543 e. The molecule has 4 heteroatoms. The highest BCUT2D eigenvalue weighted by Crippen LogP contribution is 2.70. The van der Waals surface area contributed by atoms with Gasteiger partial charge in [0.25, 0.3) is 0 Å². The first-order valence-electron chi connectivity index (χ1n) is 12.4. The monoisotopic (exact) mass is 441 g/mol. The van der Waals surface area contributed by atoms with Crippen molar-refractivity contribution in [3.8, 4) is 0 Å². The van der Waals surface area contributed by atoms with Crippen LogP contribution < -0.4 is 18.5 Å². The highest BCUT2D eigenvalue weighted by molar-refractivity contribution is 5.12. The largest absolute Gasteiger partial charge is 0.393 e. The topological polar surface area (TPSA) is 125 Å². The summed E-state index contributed by atoms with van der Waals surface area (Å²) in [5, 5.41) is 10.3. The Hall–Kier alpha value is -0.160. The Morgan fingerprint density at radius 3 is 2.19 bits per heavy atom. The molecule has 0 aromatic carbocycles. The molecule has 188 valence electrons. The number of aliphatic hydroxyl groups excluding tert-OH is 1. The van der Waals surface area contributed by atoms with Crippen LogP contribution in [0.25, 0.3) is 0 Å². The summed E-state index contributed by atoms with van der Waals surface area (Å²) in [7, 11) is 0. The van der Waals surface area contributed by atoms with Crippen molar-refractivity contribution in [2.75, 3.05) is 0 Å². The molecule has 31 heavy (non-hydrogen) atoms. The van der Waals surface area contributed by atoms with Crippen LogP contribution in [0.2, 0.25) is 0 Å². The average Bonchev–Trinajstić information content (AvgIpc) is 2.96. The predicted octanol–water partition coefficient (Wildman–Crippen LogP) is 8.06. The first-order valence-corrected chi connectivity index (χ1v) is 12.4. The Morgan fingerprint density at radius 1 is 0.935 bits per heavy atom. The van der Waals surface area contributed by atoms with Crippen LogP contribution in [-0.2, 0) is 0 Å². The van der Waals surface area contributed by atoms with Crippen LogP contribution in [-0.4, -0.2) is 11.2 Å². The predicted molar refractivity (Wildman–Crippen MR) is 136 cm³/mol. The number of rotatable bonds is 3. The Morgan fingerprint density at radius 2 is 1.58 bits per heavy atom. The minimum Gasteiger partial charge on any atom is -0.393 e. The van der Waals surface area contributed by atoms with Crippen molar-refractivity contribution in [2.24, 2.45) is 58.2 Å². The van der Waals surface area contributed by atoms with Crippen LogP contribution in [0.4, 0.5) is 0 Å². The lowest BCUT2D eigenvalue weighted by atomic mass is 9.40. The molecular weight excluding hydrogens is 382 g/mol. The van der Waals surface area contributed by atoms with Gasteiger partial charge in [-0.25, -0.2) is 0 Å². The van der Waals surface area contributed by atoms with Crippen LogP contribution in [0.3, 0.4) is 0 Å². The summed E-state index contributed by atoms with van der Waals surface area (Å²) in [4.78, 5) is 0. The lowest BCUT2D eigenvalue weighted by molar-refractivity contribution is -0.168. The standard InChI is InChI=1S/C26H46O.CH4.3H3N/c1-7-8-16(2)21-9-10-22-24-17(3)13-19-15-20(27)11-12-25(19,5)23(24)14-18(4)26(21,22)6;;;;/h16-24,27H,7-15H2,1-6H3;1H4;3*1H3/t16-,17-,18+,19?,20-,21+,22?,23?,24?,25-,26+;;;;/m0..../s1. The quantitative estimate of drug-likeness (QED) is 0.353. The third-order valence-electron chi connectivity index (χ3n) is 11.1. The van der Waals surface area contributed by atoms with E-state index in [1.165, 1.54) is 44.9 Å². The van der Waals surface area contributed by atoms with Gasteiger partial charge in [0.1, 0.15) is 0 Å². The van der Waals surface area contributed by atoms with Gasteiger partial charge in [0, 0.05) is 0 Å². The van der Waals surface area contributed by atoms with E-state index in [1.807, 2.05) is 0 Å². The van der Waals surface area contributed by atoms with Crippen LogP contribution >= 0.6 is 0 Å². The fraction of sp³-hybridized carbons (Fsp3) is 1.00. The minimum atomic E-state index is -0.0242. The minimum absolute atomic E-state index is 0. The molecule has 11 atom stereocenters. The molecule has 0 amide bonds. The maximum Gasteiger partial charge on any atom is 0.0543 e. The van der Waals surface area contributed by atoms with Crippen molar-refractivity contribution < 1.29 is 5.11 Å². The Labute approximate surface area is 194 Å². The number of aliphatic hydroxyl groups is 1. The zero-order chi connectivity index (χ0) is 19.6. The summed E-state index contributed by atoms with van der Waals surface area (Å²) in [6.45, 7) is 15.5. The van der Waals surface area contributed by atoms with Gasteiger partial charge in [0.05, 0.1) is 6.10 Å². The number of fused-ring (bicyclic) bond motifs is 5. The highest BCUT2D eigenvalue weighted by Gasteiger charge is 2.64. The molecule has 0 saturated heterocycles. The van der Waals surface area contributed by atoms with Crippen molar-refractivity contribution in [2.45, 2.75) is 113 Å². The van der Waals surface area contributed by atoms with Crippen LogP contribution in [0.5, 0.6) is 0 Å². The number of hydrogen-bond donors (Lipinski definition) is 4. The van der Waals surface area contributed by atoms with Gasteiger partial charge in [0.2, 0.25) is 0 Å². The second kappa shape index (κ2) is 10.8. The third kappa shape index (κ3) is 4.48. The Kier molecular flexibility index (Phi) is 10.8. The average molecular weight is 442 g/mol. The second-order valence-corrected chi connectivity index (χ2v) is 12.1. The molecule has 4 fully saturated rings. The van der Waals surface area contributed by atoms with Gasteiger partial charge in [-0.05, 0) is 103 Å². The summed E-state index contributed by atoms with van der Waals surface area (Å²) >= 11 is 0. The fourth-order valence-electron chi connectivity index (χ4n) is 9.58. The van der Waals surface area contributed by atoms with Gasteiger partial charge in [-0.15, -0.1) is 0 Å². The third-order valence-corrected chi connectivity index (χ3v) is 11.1. The first kappa shape index (κ1) is 30.8. The van der Waals surface area contributed by atoms with Crippen molar-refractivity contribution in [3.63, 3.8) is 0 Å². The molecule has 4 aliphatic carbocycles. The van der Waals surface area contributed by atoms with E-state index in [4.69, 9.17) is 0 Å². The Bertz CT molecular complexity index is 557. The SMILES string of the molecule is C.CCC[C@H](C)[C@H]1CCC2C3C(C[C@@H](C)[C@@]21C)[C@@]1(C)CC[C@H](O)CC1C[C@@H]3C.N.N.N. The van der Waals surface area contributed by atoms with Crippen LogP contribution in [0.1, 0.15) is 107 Å². The van der Waals surface area contributed by atoms with Crippen LogP contribution in [0, 0.1) is 58.2 Å².